The van der Waals surface area contributed by atoms with Crippen molar-refractivity contribution in [2.24, 2.45) is 10.9 Å². The number of nitrogens with zero attached hydrogens (tertiary/aromatic N) is 1. The van der Waals surface area contributed by atoms with Gasteiger partial charge in [0.2, 0.25) is 12.5 Å². The largest absolute Gasteiger partial charge is 0.241 e. The Bertz CT molecular complexity index is 189. The summed E-state index contributed by atoms with van der Waals surface area (Å²) in [4.78, 5) is 13.3. The van der Waals surface area contributed by atoms with Gasteiger partial charge in [0, 0.05) is 5.92 Å². The molecule has 0 saturated heterocycles. The Hall–Kier alpha value is -0.760. The van der Waals surface area contributed by atoms with E-state index in [9.17, 15) is 13.6 Å². The number of carbonyl (C=O) groups excluding carboxylic acids is 1. The minimum atomic E-state index is -2.27. The van der Waals surface area contributed by atoms with Crippen LogP contribution in [0.15, 0.2) is 4.99 Å². The first-order valence-corrected chi connectivity index (χ1v) is 4.09. The van der Waals surface area contributed by atoms with Gasteiger partial charge in [-0.05, 0) is 19.3 Å². The molecule has 4 heteroatoms. The maximum Gasteiger partial charge on any atom is 0.241 e. The fraction of sp³-hybridized carbons (Fsp3) is 0.875. The third-order valence-corrected chi connectivity index (χ3v) is 2.28. The predicted octanol–water partition coefficient (Wildman–Crippen LogP) is 2.15. The lowest BCUT2D eigenvalue weighted by molar-refractivity contribution is 0.0519. The Morgan fingerprint density at radius 1 is 1.42 bits per heavy atom. The molecule has 0 aliphatic heterocycles. The van der Waals surface area contributed by atoms with Crippen LogP contribution in [0, 0.1) is 5.92 Å². The monoisotopic (exact) mass is 175 g/mol. The van der Waals surface area contributed by atoms with Crippen molar-refractivity contribution >= 4 is 6.08 Å². The van der Waals surface area contributed by atoms with Crippen molar-refractivity contribution in [2.45, 2.75) is 38.2 Å². The van der Waals surface area contributed by atoms with Crippen molar-refractivity contribution < 1.29 is 13.6 Å². The van der Waals surface area contributed by atoms with Gasteiger partial charge in [0.25, 0.3) is 0 Å². The highest BCUT2D eigenvalue weighted by Crippen LogP contribution is 2.30. The molecule has 1 aliphatic carbocycles. The van der Waals surface area contributed by atoms with E-state index in [0.29, 0.717) is 12.8 Å². The summed E-state index contributed by atoms with van der Waals surface area (Å²) >= 11 is 0. The molecule has 0 bridgehead atoms. The topological polar surface area (TPSA) is 29.4 Å². The average Bonchev–Trinajstić information content (AvgIpc) is 2.05. The smallest absolute Gasteiger partial charge is 0.211 e. The summed E-state index contributed by atoms with van der Waals surface area (Å²) in [5.41, 5.74) is 0. The van der Waals surface area contributed by atoms with E-state index >= 15 is 0 Å². The molecule has 1 saturated carbocycles. The lowest BCUT2D eigenvalue weighted by Gasteiger charge is -2.24. The summed E-state index contributed by atoms with van der Waals surface area (Å²) in [6.07, 6.45) is 1.55. The van der Waals surface area contributed by atoms with Crippen molar-refractivity contribution in [1.29, 1.82) is 0 Å². The van der Waals surface area contributed by atoms with Gasteiger partial charge in [-0.3, -0.25) is 0 Å². The average molecular weight is 175 g/mol. The fourth-order valence-corrected chi connectivity index (χ4v) is 1.62. The van der Waals surface area contributed by atoms with Crippen LogP contribution in [0.2, 0.25) is 0 Å². The Balaban J connectivity index is 2.45. The molecule has 0 aromatic rings. The molecular weight excluding hydrogens is 164 g/mol. The van der Waals surface area contributed by atoms with Crippen LogP contribution in [0.1, 0.15) is 25.7 Å². The zero-order chi connectivity index (χ0) is 8.97. The lowest BCUT2D eigenvalue weighted by Crippen LogP contribution is -2.23. The fourth-order valence-electron chi connectivity index (χ4n) is 1.62. The van der Waals surface area contributed by atoms with Crippen LogP contribution in [-0.4, -0.2) is 18.5 Å². The SMILES string of the molecule is O=C=NC1CCCC(C(F)F)C1. The first kappa shape index (κ1) is 9.33. The van der Waals surface area contributed by atoms with Crippen molar-refractivity contribution in [3.8, 4) is 0 Å². The van der Waals surface area contributed by atoms with Crippen LogP contribution in [0.25, 0.3) is 0 Å². The molecule has 1 aliphatic rings. The van der Waals surface area contributed by atoms with Crippen LogP contribution in [0.3, 0.4) is 0 Å². The highest BCUT2D eigenvalue weighted by Gasteiger charge is 2.27. The molecule has 0 spiro atoms. The lowest BCUT2D eigenvalue weighted by atomic mass is 9.86. The summed E-state index contributed by atoms with van der Waals surface area (Å²) in [5.74, 6) is -0.569. The molecule has 2 unspecified atom stereocenters. The zero-order valence-electron chi connectivity index (χ0n) is 6.67. The Labute approximate surface area is 69.7 Å². The number of rotatable bonds is 2. The molecular formula is C8H11F2NO. The standard InChI is InChI=1S/C8H11F2NO/c9-8(10)6-2-1-3-7(4-6)11-5-12/h6-8H,1-4H2. The van der Waals surface area contributed by atoms with Gasteiger partial charge < -0.3 is 0 Å². The highest BCUT2D eigenvalue weighted by molar-refractivity contribution is 5.33. The predicted molar refractivity (Wildman–Crippen MR) is 39.9 cm³/mol. The van der Waals surface area contributed by atoms with Crippen molar-refractivity contribution in [3.63, 3.8) is 0 Å². The zero-order valence-corrected chi connectivity index (χ0v) is 6.67. The second-order valence-electron chi connectivity index (χ2n) is 3.14. The number of halogens is 2. The van der Waals surface area contributed by atoms with Gasteiger partial charge in [-0.1, -0.05) is 6.42 Å². The molecule has 0 amide bonds. The van der Waals surface area contributed by atoms with Gasteiger partial charge in [0.05, 0.1) is 6.04 Å². The van der Waals surface area contributed by atoms with E-state index in [-0.39, 0.29) is 6.04 Å². The van der Waals surface area contributed by atoms with E-state index in [1.165, 1.54) is 6.08 Å². The summed E-state index contributed by atoms with van der Waals surface area (Å²) in [6.45, 7) is 0. The second-order valence-corrected chi connectivity index (χ2v) is 3.14. The Morgan fingerprint density at radius 2 is 2.17 bits per heavy atom. The van der Waals surface area contributed by atoms with Gasteiger partial charge in [-0.15, -0.1) is 0 Å². The molecule has 0 aromatic heterocycles. The molecule has 0 radical (unpaired) electrons. The molecule has 68 valence electrons. The maximum absolute atomic E-state index is 12.2. The highest BCUT2D eigenvalue weighted by atomic mass is 19.3. The van der Waals surface area contributed by atoms with Gasteiger partial charge in [-0.25, -0.2) is 18.6 Å². The van der Waals surface area contributed by atoms with E-state index < -0.39 is 12.3 Å². The van der Waals surface area contributed by atoms with Gasteiger partial charge in [0.15, 0.2) is 0 Å². The van der Waals surface area contributed by atoms with Crippen LogP contribution < -0.4 is 0 Å². The summed E-state index contributed by atoms with van der Waals surface area (Å²) < 4.78 is 24.4. The van der Waals surface area contributed by atoms with E-state index in [0.717, 1.165) is 12.8 Å². The van der Waals surface area contributed by atoms with E-state index in [1.807, 2.05) is 0 Å². The third-order valence-electron chi connectivity index (χ3n) is 2.28. The van der Waals surface area contributed by atoms with Crippen molar-refractivity contribution in [1.82, 2.24) is 0 Å². The molecule has 2 nitrogen and oxygen atoms in total. The number of aliphatic imine (C=N–C) groups is 1. The van der Waals surface area contributed by atoms with Gasteiger partial charge in [-0.2, -0.15) is 0 Å². The molecule has 0 N–H and O–H groups in total. The number of isocyanates is 1. The molecule has 0 heterocycles. The molecule has 12 heavy (non-hydrogen) atoms. The van der Waals surface area contributed by atoms with Crippen LogP contribution in [-0.2, 0) is 4.79 Å². The van der Waals surface area contributed by atoms with E-state index in [2.05, 4.69) is 4.99 Å². The minimum absolute atomic E-state index is 0.213. The number of hydrogen-bond acceptors (Lipinski definition) is 2. The Morgan fingerprint density at radius 3 is 2.75 bits per heavy atom. The third kappa shape index (κ3) is 2.38. The maximum atomic E-state index is 12.2. The molecule has 0 aromatic carbocycles. The first-order valence-electron chi connectivity index (χ1n) is 4.09. The van der Waals surface area contributed by atoms with Crippen molar-refractivity contribution in [2.75, 3.05) is 0 Å². The summed E-state index contributed by atoms with van der Waals surface area (Å²) in [5, 5.41) is 0. The quantitative estimate of drug-likeness (QED) is 0.467. The van der Waals surface area contributed by atoms with Crippen LogP contribution in [0.5, 0.6) is 0 Å². The second kappa shape index (κ2) is 4.31. The summed E-state index contributed by atoms with van der Waals surface area (Å²) in [6, 6.07) is -0.213. The number of alkyl halides is 2. The van der Waals surface area contributed by atoms with Crippen molar-refractivity contribution in [3.05, 3.63) is 0 Å². The van der Waals surface area contributed by atoms with Gasteiger partial charge in [0.1, 0.15) is 0 Å². The summed E-state index contributed by atoms with van der Waals surface area (Å²) in [7, 11) is 0. The van der Waals surface area contributed by atoms with E-state index in [4.69, 9.17) is 0 Å². The van der Waals surface area contributed by atoms with Crippen LogP contribution in [0.4, 0.5) is 8.78 Å². The first-order chi connectivity index (χ1) is 5.74. The van der Waals surface area contributed by atoms with Gasteiger partial charge >= 0.3 is 0 Å². The number of hydrogen-bond donors (Lipinski definition) is 0. The van der Waals surface area contributed by atoms with E-state index in [1.54, 1.807) is 0 Å². The molecule has 1 rings (SSSR count). The minimum Gasteiger partial charge on any atom is -0.211 e. The van der Waals surface area contributed by atoms with Crippen LogP contribution >= 0.6 is 0 Å². The normalized spacial score (nSPS) is 29.9. The molecule has 2 atom stereocenters. The molecule has 1 fully saturated rings. The Kier molecular flexibility index (Phi) is 3.35.